The van der Waals surface area contributed by atoms with E-state index in [1.165, 1.54) is 5.56 Å². The molecule has 1 aromatic rings. The van der Waals surface area contributed by atoms with E-state index in [9.17, 15) is 0 Å². The monoisotopic (exact) mass is 265 g/mol. The van der Waals surface area contributed by atoms with Crippen molar-refractivity contribution in [2.24, 2.45) is 5.73 Å². The zero-order valence-electron chi connectivity index (χ0n) is 12.9. The number of ether oxygens (including phenoxy) is 1. The molecule has 0 aromatic carbocycles. The third kappa shape index (κ3) is 3.98. The van der Waals surface area contributed by atoms with E-state index in [2.05, 4.69) is 23.8 Å². The highest BCUT2D eigenvalue weighted by molar-refractivity contribution is 5.28. The van der Waals surface area contributed by atoms with Crippen LogP contribution in [0, 0.1) is 13.8 Å². The zero-order chi connectivity index (χ0) is 14.4. The molecule has 0 aliphatic heterocycles. The van der Waals surface area contributed by atoms with Crippen LogP contribution in [0.2, 0.25) is 0 Å². The minimum absolute atomic E-state index is 0.00892. The molecule has 0 amide bonds. The molecular formula is C15H27N3O. The van der Waals surface area contributed by atoms with Gasteiger partial charge in [-0.3, -0.25) is 0 Å². The molecule has 0 fully saturated rings. The predicted molar refractivity (Wildman–Crippen MR) is 78.3 cm³/mol. The van der Waals surface area contributed by atoms with Crippen molar-refractivity contribution in [3.05, 3.63) is 22.8 Å². The Labute approximate surface area is 116 Å². The van der Waals surface area contributed by atoms with Crippen LogP contribution in [-0.4, -0.2) is 23.1 Å². The fraction of sp³-hybridized carbons (Fsp3) is 0.733. The van der Waals surface area contributed by atoms with Crippen molar-refractivity contribution in [2.45, 2.75) is 59.5 Å². The molecule has 2 atom stereocenters. The number of aryl methyl sites for hydroxylation is 2. The summed E-state index contributed by atoms with van der Waals surface area (Å²) in [7, 11) is 0. The number of hydrogen-bond acceptors (Lipinski definition) is 4. The predicted octanol–water partition coefficient (Wildman–Crippen LogP) is 3.03. The molecular weight excluding hydrogens is 238 g/mol. The van der Waals surface area contributed by atoms with E-state index in [1.807, 2.05) is 20.8 Å². The molecule has 19 heavy (non-hydrogen) atoms. The molecule has 108 valence electrons. The van der Waals surface area contributed by atoms with E-state index >= 15 is 0 Å². The molecule has 0 saturated carbocycles. The first-order chi connectivity index (χ1) is 9.04. The zero-order valence-corrected chi connectivity index (χ0v) is 12.9. The molecule has 0 spiro atoms. The molecule has 4 heteroatoms. The van der Waals surface area contributed by atoms with Crippen LogP contribution in [0.15, 0.2) is 0 Å². The first kappa shape index (κ1) is 16.1. The SMILES string of the molecule is CCCC(OCC)c1nc(C)c(C(C)CN)c(C)n1. The second kappa shape index (κ2) is 7.56. The molecule has 1 heterocycles. The van der Waals surface area contributed by atoms with Crippen LogP contribution in [0.3, 0.4) is 0 Å². The summed E-state index contributed by atoms with van der Waals surface area (Å²) in [5, 5.41) is 0. The topological polar surface area (TPSA) is 61.0 Å². The van der Waals surface area contributed by atoms with Gasteiger partial charge >= 0.3 is 0 Å². The van der Waals surface area contributed by atoms with Crippen molar-refractivity contribution < 1.29 is 4.74 Å². The fourth-order valence-corrected chi connectivity index (χ4v) is 2.48. The lowest BCUT2D eigenvalue weighted by molar-refractivity contribution is 0.0491. The van der Waals surface area contributed by atoms with Crippen molar-refractivity contribution in [3.63, 3.8) is 0 Å². The minimum atomic E-state index is 0.00892. The molecule has 0 aliphatic rings. The van der Waals surface area contributed by atoms with Gasteiger partial charge < -0.3 is 10.5 Å². The summed E-state index contributed by atoms with van der Waals surface area (Å²) in [5.41, 5.74) is 8.99. The molecule has 4 nitrogen and oxygen atoms in total. The van der Waals surface area contributed by atoms with Crippen LogP contribution >= 0.6 is 0 Å². The summed E-state index contributed by atoms with van der Waals surface area (Å²) < 4.78 is 5.76. The number of nitrogens with zero attached hydrogens (tertiary/aromatic N) is 2. The summed E-state index contributed by atoms with van der Waals surface area (Å²) in [5.74, 6) is 1.11. The molecule has 1 rings (SSSR count). The molecule has 2 N–H and O–H groups in total. The molecule has 1 aromatic heterocycles. The average molecular weight is 265 g/mol. The quantitative estimate of drug-likeness (QED) is 0.823. The second-order valence-electron chi connectivity index (χ2n) is 5.04. The van der Waals surface area contributed by atoms with Crippen LogP contribution in [0.4, 0.5) is 0 Å². The van der Waals surface area contributed by atoms with Gasteiger partial charge in [-0.15, -0.1) is 0 Å². The van der Waals surface area contributed by atoms with Gasteiger partial charge in [0.25, 0.3) is 0 Å². The Morgan fingerprint density at radius 1 is 1.16 bits per heavy atom. The van der Waals surface area contributed by atoms with Crippen molar-refractivity contribution in [1.29, 1.82) is 0 Å². The smallest absolute Gasteiger partial charge is 0.157 e. The molecule has 0 radical (unpaired) electrons. The number of aromatic nitrogens is 2. The highest BCUT2D eigenvalue weighted by Crippen LogP contribution is 2.25. The average Bonchev–Trinajstić information content (AvgIpc) is 2.37. The summed E-state index contributed by atoms with van der Waals surface area (Å²) in [6.45, 7) is 11.7. The Balaban J connectivity index is 3.11. The Bertz CT molecular complexity index is 377. The van der Waals surface area contributed by atoms with E-state index in [-0.39, 0.29) is 6.10 Å². The van der Waals surface area contributed by atoms with Gasteiger partial charge in [0, 0.05) is 18.0 Å². The van der Waals surface area contributed by atoms with E-state index < -0.39 is 0 Å². The highest BCUT2D eigenvalue weighted by Gasteiger charge is 2.19. The van der Waals surface area contributed by atoms with Crippen LogP contribution in [0.1, 0.15) is 68.4 Å². The van der Waals surface area contributed by atoms with Crippen LogP contribution < -0.4 is 5.73 Å². The van der Waals surface area contributed by atoms with Crippen LogP contribution in [0.25, 0.3) is 0 Å². The normalized spacial score (nSPS) is 14.4. The van der Waals surface area contributed by atoms with Gasteiger partial charge in [0.15, 0.2) is 5.82 Å². The molecule has 0 saturated heterocycles. The maximum atomic E-state index is 5.76. The van der Waals surface area contributed by atoms with Gasteiger partial charge in [0.2, 0.25) is 0 Å². The maximum Gasteiger partial charge on any atom is 0.157 e. The Hall–Kier alpha value is -1.00. The van der Waals surface area contributed by atoms with Gasteiger partial charge in [0.05, 0.1) is 0 Å². The van der Waals surface area contributed by atoms with Gasteiger partial charge in [0.1, 0.15) is 6.10 Å². The van der Waals surface area contributed by atoms with Crippen molar-refractivity contribution >= 4 is 0 Å². The van der Waals surface area contributed by atoms with Gasteiger partial charge in [-0.05, 0) is 45.2 Å². The molecule has 0 bridgehead atoms. The highest BCUT2D eigenvalue weighted by atomic mass is 16.5. The largest absolute Gasteiger partial charge is 0.371 e. The minimum Gasteiger partial charge on any atom is -0.371 e. The van der Waals surface area contributed by atoms with Crippen LogP contribution in [-0.2, 0) is 4.74 Å². The van der Waals surface area contributed by atoms with Crippen LogP contribution in [0.5, 0.6) is 0 Å². The lowest BCUT2D eigenvalue weighted by Crippen LogP contribution is -2.17. The van der Waals surface area contributed by atoms with E-state index in [1.54, 1.807) is 0 Å². The van der Waals surface area contributed by atoms with Gasteiger partial charge in [-0.2, -0.15) is 0 Å². The van der Waals surface area contributed by atoms with Gasteiger partial charge in [-0.1, -0.05) is 20.3 Å². The lowest BCUT2D eigenvalue weighted by Gasteiger charge is -2.20. The number of rotatable bonds is 7. The van der Waals surface area contributed by atoms with Crippen molar-refractivity contribution in [2.75, 3.05) is 13.2 Å². The lowest BCUT2D eigenvalue weighted by atomic mass is 9.98. The maximum absolute atomic E-state index is 5.76. The summed E-state index contributed by atoms with van der Waals surface area (Å²) >= 11 is 0. The summed E-state index contributed by atoms with van der Waals surface area (Å²) in [4.78, 5) is 9.30. The third-order valence-corrected chi connectivity index (χ3v) is 3.40. The van der Waals surface area contributed by atoms with Crippen molar-refractivity contribution in [3.8, 4) is 0 Å². The summed E-state index contributed by atoms with van der Waals surface area (Å²) in [6, 6.07) is 0. The second-order valence-corrected chi connectivity index (χ2v) is 5.04. The Morgan fingerprint density at radius 2 is 1.74 bits per heavy atom. The number of hydrogen-bond donors (Lipinski definition) is 1. The standard InChI is InChI=1S/C15H27N3O/c1-6-8-13(19-7-2)15-17-11(4)14(10(3)9-16)12(5)18-15/h10,13H,6-9,16H2,1-5H3. The van der Waals surface area contributed by atoms with E-state index in [4.69, 9.17) is 10.5 Å². The van der Waals surface area contributed by atoms with E-state index in [0.29, 0.717) is 19.1 Å². The third-order valence-electron chi connectivity index (χ3n) is 3.40. The molecule has 0 aliphatic carbocycles. The first-order valence-electron chi connectivity index (χ1n) is 7.21. The van der Waals surface area contributed by atoms with E-state index in [0.717, 1.165) is 30.1 Å². The first-order valence-corrected chi connectivity index (χ1v) is 7.21. The van der Waals surface area contributed by atoms with Crippen molar-refractivity contribution in [1.82, 2.24) is 9.97 Å². The number of nitrogens with two attached hydrogens (primary N) is 1. The van der Waals surface area contributed by atoms with Gasteiger partial charge in [-0.25, -0.2) is 9.97 Å². The fourth-order valence-electron chi connectivity index (χ4n) is 2.48. The summed E-state index contributed by atoms with van der Waals surface area (Å²) in [6.07, 6.45) is 2.03. The Kier molecular flexibility index (Phi) is 6.38. The Morgan fingerprint density at radius 3 is 2.16 bits per heavy atom. The molecule has 2 unspecified atom stereocenters.